The number of carbonyl (C=O) groups is 7. The topological polar surface area (TPSA) is 236 Å². The summed E-state index contributed by atoms with van der Waals surface area (Å²) in [5, 5.41) is 10.9. The van der Waals surface area contributed by atoms with E-state index in [1.54, 1.807) is 54.6 Å². The van der Waals surface area contributed by atoms with Crippen LogP contribution in [0.3, 0.4) is 0 Å². The molecule has 9 rings (SSSR count). The molecule has 4 heterocycles. The quantitative estimate of drug-likeness (QED) is 0.0581. The number of likely N-dealkylation sites (N-methyl/N-ethyl adjacent to an activating group) is 1. The Labute approximate surface area is 438 Å². The molecule has 76 heavy (non-hydrogen) atoms. The predicted octanol–water partition coefficient (Wildman–Crippen LogP) is 5.19. The summed E-state index contributed by atoms with van der Waals surface area (Å²) in [4.78, 5) is 100. The number of nitrogens with one attached hydrogen (secondary N) is 4. The maximum Gasteiger partial charge on any atom is 0.305 e. The third kappa shape index (κ3) is 11.4. The molecule has 0 saturated heterocycles. The molecule has 4 aliphatic rings. The van der Waals surface area contributed by atoms with Crippen LogP contribution in [-0.2, 0) is 54.8 Å². The van der Waals surface area contributed by atoms with Crippen LogP contribution in [-0.4, -0.2) is 114 Å². The molecule has 394 valence electrons. The first-order chi connectivity index (χ1) is 36.8. The molecule has 0 unspecified atom stereocenters. The van der Waals surface area contributed by atoms with Gasteiger partial charge in [-0.05, 0) is 84.0 Å². The zero-order chi connectivity index (χ0) is 53.5. The highest BCUT2D eigenvalue weighted by molar-refractivity contribution is 6.15. The summed E-state index contributed by atoms with van der Waals surface area (Å²) in [5.74, 6) is -1.49. The van der Waals surface area contributed by atoms with Gasteiger partial charge in [0.15, 0.2) is 23.0 Å². The van der Waals surface area contributed by atoms with E-state index in [2.05, 4.69) is 26.0 Å². The molecule has 0 saturated carbocycles. The summed E-state index contributed by atoms with van der Waals surface area (Å²) >= 11 is 0. The molecule has 4 aliphatic heterocycles. The molecule has 5 aromatic carbocycles. The number of methoxy groups -OCH3 is 3. The predicted molar refractivity (Wildman–Crippen MR) is 282 cm³/mol. The van der Waals surface area contributed by atoms with Gasteiger partial charge in [-0.1, -0.05) is 36.4 Å². The fraction of sp³-hybridized carbons (Fsp3) is 0.321. The second-order valence-electron chi connectivity index (χ2n) is 18.6. The number of carbonyl (C=O) groups excluding carboxylic acids is 7. The number of amides is 6. The zero-order valence-electron chi connectivity index (χ0n) is 42.6. The Morgan fingerprint density at radius 3 is 1.91 bits per heavy atom. The molecule has 0 aliphatic carbocycles. The number of rotatable bonds is 20. The van der Waals surface area contributed by atoms with Crippen molar-refractivity contribution in [3.05, 3.63) is 124 Å². The van der Waals surface area contributed by atoms with Crippen molar-refractivity contribution in [3.63, 3.8) is 0 Å². The molecule has 6 amide bonds. The number of fused-ring (bicyclic) bond motifs is 8. The van der Waals surface area contributed by atoms with E-state index in [1.807, 2.05) is 59.5 Å². The molecule has 4 N–H and O–H groups in total. The summed E-state index contributed by atoms with van der Waals surface area (Å²) in [7, 11) is 5.83. The second kappa shape index (κ2) is 23.1. The molecule has 20 heteroatoms. The fourth-order valence-electron chi connectivity index (χ4n) is 9.69. The fourth-order valence-corrected chi connectivity index (χ4v) is 9.69. The summed E-state index contributed by atoms with van der Waals surface area (Å²) in [5.41, 5.74) is 7.40. The van der Waals surface area contributed by atoms with Crippen LogP contribution in [0.4, 0.5) is 28.4 Å². The minimum atomic E-state index is -0.637. The van der Waals surface area contributed by atoms with Gasteiger partial charge in [-0.15, -0.1) is 0 Å². The van der Waals surface area contributed by atoms with Gasteiger partial charge in [0, 0.05) is 68.3 Å². The Kier molecular flexibility index (Phi) is 15.8. The lowest BCUT2D eigenvalue weighted by Crippen LogP contribution is -2.44. The Bertz CT molecular complexity index is 3140. The first-order valence-corrected chi connectivity index (χ1v) is 24.9. The van der Waals surface area contributed by atoms with Crippen LogP contribution >= 0.6 is 0 Å². The van der Waals surface area contributed by atoms with Crippen molar-refractivity contribution in [2.45, 2.75) is 63.8 Å². The Morgan fingerprint density at radius 1 is 0.658 bits per heavy atom. The molecule has 0 spiro atoms. The molecule has 5 aromatic rings. The lowest BCUT2D eigenvalue weighted by Gasteiger charge is -2.23. The van der Waals surface area contributed by atoms with Gasteiger partial charge in [0.25, 0.3) is 11.8 Å². The molecular weight excluding hydrogens is 977 g/mol. The maximum atomic E-state index is 14.1. The lowest BCUT2D eigenvalue weighted by atomic mass is 10.1. The van der Waals surface area contributed by atoms with Gasteiger partial charge >= 0.3 is 5.97 Å². The number of benzene rings is 5. The van der Waals surface area contributed by atoms with Crippen molar-refractivity contribution in [1.82, 2.24) is 16.0 Å². The van der Waals surface area contributed by atoms with Gasteiger partial charge in [-0.3, -0.25) is 43.5 Å². The number of esters is 1. The molecular formula is C56H58N8O12. The van der Waals surface area contributed by atoms with E-state index in [0.717, 1.165) is 28.9 Å². The third-order valence-corrected chi connectivity index (χ3v) is 13.7. The average Bonchev–Trinajstić information content (AvgIpc) is 3.93. The van der Waals surface area contributed by atoms with Crippen LogP contribution in [0.1, 0.15) is 68.7 Å². The van der Waals surface area contributed by atoms with Gasteiger partial charge in [-0.2, -0.15) is 0 Å². The Hall–Kier alpha value is -8.94. The number of unbranched alkanes of at least 4 members (excludes halogenated alkanes) is 1. The zero-order valence-corrected chi connectivity index (χ0v) is 42.6. The van der Waals surface area contributed by atoms with E-state index in [1.165, 1.54) is 26.2 Å². The van der Waals surface area contributed by atoms with Crippen LogP contribution in [0.15, 0.2) is 96.0 Å². The van der Waals surface area contributed by atoms with Crippen LogP contribution in [0.25, 0.3) is 0 Å². The lowest BCUT2D eigenvalue weighted by molar-refractivity contribution is -0.140. The SMILES string of the molecule is COC(=O)CCCCC(=O)NCC(=O)NCC(=O)NCC(=O)N(C)c1cc(COc2cc3c(cc2OC)C(=O)N2c4ccccc4C[C@H]2C=N3)cc(COc2cc3c(cc2OC)C(=O)N2c4ccccc4C[C@H]2CN3)c1. The molecule has 20 nitrogen and oxygen atoms in total. The standard InChI is InChI=1S/C56H58N8O12/c1-62(53(68)30-61-52(67)29-60-51(66)28-59-50(65)15-9-10-16-54(69)74-4)37-18-33(31-75-48-24-42-40(22-46(48)72-2)55(70)63-38(26-57-42)20-35-11-5-7-13-44(35)63)17-34(19-37)32-76-49-25-43-41(23-47(49)73-3)56(71)64-39(27-58-43)21-36-12-6-8-14-45(36)64/h5-8,11-14,17-19,22-26,38-39,58H,9-10,15-16,20-21,27-32H2,1-4H3,(H,59,65)(H,60,66)(H,61,67)/t38-,39-/m0/s1. The largest absolute Gasteiger partial charge is 0.493 e. The minimum absolute atomic E-state index is 0.0137. The summed E-state index contributed by atoms with van der Waals surface area (Å²) in [6.07, 6.45) is 4.34. The van der Waals surface area contributed by atoms with Crippen molar-refractivity contribution in [3.8, 4) is 23.0 Å². The number of hydrogen-bond acceptors (Lipinski definition) is 14. The summed E-state index contributed by atoms with van der Waals surface area (Å²) in [6.45, 7) is -0.743. The Morgan fingerprint density at radius 2 is 1.24 bits per heavy atom. The minimum Gasteiger partial charge on any atom is -0.493 e. The molecule has 0 fully saturated rings. The third-order valence-electron chi connectivity index (χ3n) is 13.7. The van der Waals surface area contributed by atoms with Gasteiger partial charge in [0.1, 0.15) is 13.2 Å². The maximum absolute atomic E-state index is 14.1. The van der Waals surface area contributed by atoms with E-state index in [4.69, 9.17) is 23.9 Å². The van der Waals surface area contributed by atoms with Crippen molar-refractivity contribution < 1.29 is 57.2 Å². The van der Waals surface area contributed by atoms with Gasteiger partial charge in [-0.25, -0.2) is 0 Å². The first-order valence-electron chi connectivity index (χ1n) is 24.9. The summed E-state index contributed by atoms with van der Waals surface area (Å²) in [6, 6.07) is 27.5. The van der Waals surface area contributed by atoms with Crippen LogP contribution in [0.2, 0.25) is 0 Å². The number of anilines is 4. The smallest absolute Gasteiger partial charge is 0.305 e. The molecule has 2 atom stereocenters. The van der Waals surface area contributed by atoms with Gasteiger partial charge < -0.3 is 54.8 Å². The molecule has 0 radical (unpaired) electrons. The van der Waals surface area contributed by atoms with E-state index >= 15 is 0 Å². The van der Waals surface area contributed by atoms with Crippen molar-refractivity contribution >= 4 is 76.1 Å². The number of ether oxygens (including phenoxy) is 5. The highest BCUT2D eigenvalue weighted by atomic mass is 16.5. The molecule has 0 aromatic heterocycles. The number of hydrogen-bond donors (Lipinski definition) is 4. The van der Waals surface area contributed by atoms with Gasteiger partial charge in [0.2, 0.25) is 23.6 Å². The van der Waals surface area contributed by atoms with Crippen LogP contribution < -0.4 is 54.9 Å². The highest BCUT2D eigenvalue weighted by Gasteiger charge is 2.39. The average molecular weight is 1040 g/mol. The van der Waals surface area contributed by atoms with Crippen molar-refractivity contribution in [2.24, 2.45) is 4.99 Å². The van der Waals surface area contributed by atoms with Gasteiger partial charge in [0.05, 0.1) is 75.5 Å². The molecule has 0 bridgehead atoms. The van der Waals surface area contributed by atoms with E-state index < -0.39 is 30.8 Å². The van der Waals surface area contributed by atoms with E-state index in [9.17, 15) is 33.6 Å². The second-order valence-corrected chi connectivity index (χ2v) is 18.6. The van der Waals surface area contributed by atoms with Crippen LogP contribution in [0.5, 0.6) is 23.0 Å². The monoisotopic (exact) mass is 1030 g/mol. The van der Waals surface area contributed by atoms with Crippen LogP contribution in [0, 0.1) is 0 Å². The van der Waals surface area contributed by atoms with Crippen molar-refractivity contribution in [2.75, 3.05) is 74.6 Å². The number of para-hydroxylation sites is 2. The first kappa shape index (κ1) is 51.9. The highest BCUT2D eigenvalue weighted by Crippen LogP contribution is 2.43. The van der Waals surface area contributed by atoms with Crippen molar-refractivity contribution in [1.29, 1.82) is 0 Å². The Balaban J connectivity index is 0.896. The van der Waals surface area contributed by atoms with E-state index in [-0.39, 0.29) is 68.4 Å². The van der Waals surface area contributed by atoms with E-state index in [0.29, 0.717) is 88.1 Å². The summed E-state index contributed by atoms with van der Waals surface area (Å²) < 4.78 is 29.0. The number of aliphatic imine (C=N–C) groups is 1. The normalized spacial score (nSPS) is 15.5. The number of nitrogens with zero attached hydrogens (tertiary/aromatic N) is 4.